The van der Waals surface area contributed by atoms with Crippen molar-refractivity contribution in [3.05, 3.63) is 84.2 Å². The van der Waals surface area contributed by atoms with Crippen LogP contribution in [-0.2, 0) is 16.0 Å². The number of amides is 1. The maximum Gasteiger partial charge on any atom is 0.323 e. The molecule has 2 saturated carbocycles. The first-order valence-electron chi connectivity index (χ1n) is 18.9. The fourth-order valence-electron chi connectivity index (χ4n) is 5.19. The van der Waals surface area contributed by atoms with Gasteiger partial charge in [-0.15, -0.1) is 0 Å². The van der Waals surface area contributed by atoms with Gasteiger partial charge >= 0.3 is 5.69 Å². The number of nitrogen functional groups attached to an aromatic ring is 1. The van der Waals surface area contributed by atoms with Gasteiger partial charge in [-0.3, -0.25) is 14.5 Å². The van der Waals surface area contributed by atoms with Gasteiger partial charge in [0.15, 0.2) is 0 Å². The Morgan fingerprint density at radius 3 is 2.08 bits per heavy atom. The van der Waals surface area contributed by atoms with Crippen LogP contribution in [0.1, 0.15) is 72.8 Å². The van der Waals surface area contributed by atoms with Crippen LogP contribution in [0.2, 0.25) is 10.4 Å². The number of nitrogens with two attached hydrogens (primary N) is 2. The van der Waals surface area contributed by atoms with Gasteiger partial charge in [0, 0.05) is 60.5 Å². The second-order valence-electron chi connectivity index (χ2n) is 14.1. The standard InChI is InChI=1S/C14H13BrN6O.C8H8N2O.C8H19N.C4HBrCl2N2.C3H7N.C2H4O2/c15-9-6-16-13(21-12(9)17-7-1-2-7)18-8-3-4-10-11(5-8)20-14(22)19-10;9-6-1-2-7-5(3-6)4-8(11)10-7;1-6-9(7(2)3)8(4)5;5-2-1-8-4(7)9-3(2)6;4-3-1-2-3;1-2(3)4/h3-7H,1-2H2,(H2,19,20,22)(H2,16,17,18,21);1-3H,4,9H2,(H,10,11);7-8H,6H2,1-5H3;1H;3H,1-2,4H2;1H3,(H,3,4). The molecule has 0 saturated heterocycles. The molecule has 5 aromatic rings. The molecule has 0 radical (unpaired) electrons. The van der Waals surface area contributed by atoms with Crippen molar-refractivity contribution < 1.29 is 14.7 Å². The molecule has 10 N–H and O–H groups in total. The highest BCUT2D eigenvalue weighted by Gasteiger charge is 2.23. The van der Waals surface area contributed by atoms with E-state index in [1.165, 1.54) is 31.9 Å². The fourth-order valence-corrected chi connectivity index (χ4v) is 5.99. The van der Waals surface area contributed by atoms with Crippen molar-refractivity contribution in [3.8, 4) is 0 Å². The van der Waals surface area contributed by atoms with Gasteiger partial charge in [-0.1, -0.05) is 18.5 Å². The van der Waals surface area contributed by atoms with Crippen LogP contribution in [0.15, 0.2) is 62.5 Å². The van der Waals surface area contributed by atoms with Gasteiger partial charge in [0.1, 0.15) is 11.0 Å². The summed E-state index contributed by atoms with van der Waals surface area (Å²) in [6.45, 7) is 13.4. The van der Waals surface area contributed by atoms with Crippen LogP contribution >= 0.6 is 55.1 Å². The molecule has 2 fully saturated rings. The van der Waals surface area contributed by atoms with Crippen molar-refractivity contribution in [2.75, 3.05) is 28.2 Å². The van der Waals surface area contributed by atoms with Gasteiger partial charge in [0.25, 0.3) is 5.97 Å². The van der Waals surface area contributed by atoms with Crippen molar-refractivity contribution in [2.45, 2.75) is 97.8 Å². The predicted molar refractivity (Wildman–Crippen MR) is 245 cm³/mol. The summed E-state index contributed by atoms with van der Waals surface area (Å²) in [4.78, 5) is 55.1. The number of hydrogen-bond donors (Lipinski definition) is 8. The predicted octanol–water partition coefficient (Wildman–Crippen LogP) is 8.36. The lowest BCUT2D eigenvalue weighted by atomic mass is 10.1. The van der Waals surface area contributed by atoms with Crippen LogP contribution in [0.25, 0.3) is 11.0 Å². The summed E-state index contributed by atoms with van der Waals surface area (Å²) in [5, 5.41) is 17.1. The Morgan fingerprint density at radius 2 is 1.56 bits per heavy atom. The number of aliphatic carboxylic acids is 1. The molecule has 59 heavy (non-hydrogen) atoms. The molecule has 2 aliphatic carbocycles. The Hall–Kier alpha value is -4.33. The average Bonchev–Trinajstić information content (AvgIpc) is 4.07. The molecule has 1 aliphatic heterocycles. The van der Waals surface area contributed by atoms with Gasteiger partial charge in [-0.25, -0.2) is 19.7 Å². The molecule has 3 aromatic heterocycles. The number of carbonyl (C=O) groups is 2. The summed E-state index contributed by atoms with van der Waals surface area (Å²) in [5.41, 5.74) is 15.5. The number of imidazole rings is 1. The SMILES string of the molecule is CC(=O)O.CCN(C(C)C)C(C)C.Clc1ncc(Br)c(Cl)n1.NC1CC1.Nc1ccc2c(c1)CC(=O)N2.O=c1[nH]c2ccc(Nc3ncc(Br)c(NC4CC4)n3)cc2[nH]1. The summed E-state index contributed by atoms with van der Waals surface area (Å²) < 4.78 is 1.49. The number of carboxylic acid groups (broad SMARTS) is 1. The molecule has 20 heteroatoms. The van der Waals surface area contributed by atoms with Crippen LogP contribution in [0.3, 0.4) is 0 Å². The van der Waals surface area contributed by atoms with Crippen LogP contribution < -0.4 is 33.1 Å². The number of anilines is 5. The first-order chi connectivity index (χ1) is 27.8. The molecule has 1 amide bonds. The number of halogens is 4. The van der Waals surface area contributed by atoms with Gasteiger partial charge in [-0.05, 0) is 145 Å². The molecule has 0 bridgehead atoms. The van der Waals surface area contributed by atoms with Crippen LogP contribution in [-0.4, -0.2) is 82.5 Å². The quantitative estimate of drug-likeness (QED) is 0.0435. The molecule has 2 aromatic carbocycles. The normalized spacial score (nSPS) is 13.5. The number of carboxylic acids is 1. The van der Waals surface area contributed by atoms with Crippen molar-refractivity contribution in [1.29, 1.82) is 0 Å². The molecule has 320 valence electrons. The topological polar surface area (TPSA) is 246 Å². The number of H-pyrrole nitrogens is 2. The molecule has 0 unspecified atom stereocenters. The third-order valence-corrected chi connectivity index (χ3v) is 10.0. The lowest BCUT2D eigenvalue weighted by molar-refractivity contribution is -0.134. The number of carbonyl (C=O) groups excluding carboxylic acids is 1. The minimum atomic E-state index is -0.833. The molecular formula is C39H52Br2Cl2N12O4. The maximum absolute atomic E-state index is 11.3. The van der Waals surface area contributed by atoms with E-state index in [1.807, 2.05) is 30.3 Å². The van der Waals surface area contributed by atoms with E-state index in [2.05, 4.69) is 117 Å². The second kappa shape index (κ2) is 24.1. The zero-order valence-electron chi connectivity index (χ0n) is 33.7. The number of fused-ring (bicyclic) bond motifs is 2. The number of benzene rings is 2. The Balaban J connectivity index is 0.000000212. The highest BCUT2D eigenvalue weighted by Crippen LogP contribution is 2.29. The molecule has 16 nitrogen and oxygen atoms in total. The van der Waals surface area contributed by atoms with Crippen LogP contribution in [0.4, 0.5) is 28.8 Å². The number of rotatable bonds is 7. The van der Waals surface area contributed by atoms with Crippen LogP contribution in [0.5, 0.6) is 0 Å². The summed E-state index contributed by atoms with van der Waals surface area (Å²) >= 11 is 17.5. The minimum absolute atomic E-state index is 0.0469. The maximum atomic E-state index is 11.3. The molecular weight excluding hydrogens is 931 g/mol. The van der Waals surface area contributed by atoms with E-state index in [4.69, 9.17) is 44.6 Å². The van der Waals surface area contributed by atoms with E-state index >= 15 is 0 Å². The molecule has 0 atom stereocenters. The van der Waals surface area contributed by atoms with Crippen molar-refractivity contribution in [2.24, 2.45) is 5.73 Å². The minimum Gasteiger partial charge on any atom is -0.481 e. The van der Waals surface area contributed by atoms with Crippen LogP contribution in [0, 0.1) is 0 Å². The fraction of sp³-hybridized carbons (Fsp3) is 0.410. The van der Waals surface area contributed by atoms with Crippen molar-refractivity contribution in [1.82, 2.24) is 34.8 Å². The third-order valence-electron chi connectivity index (χ3n) is 8.17. The highest BCUT2D eigenvalue weighted by molar-refractivity contribution is 9.11. The number of aromatic nitrogens is 6. The second-order valence-corrected chi connectivity index (χ2v) is 16.5. The first-order valence-corrected chi connectivity index (χ1v) is 21.2. The molecule has 0 spiro atoms. The zero-order valence-corrected chi connectivity index (χ0v) is 38.4. The Morgan fingerprint density at radius 1 is 0.949 bits per heavy atom. The summed E-state index contributed by atoms with van der Waals surface area (Å²) in [6, 6.07) is 13.5. The lowest BCUT2D eigenvalue weighted by Crippen LogP contribution is -2.36. The molecule has 4 heterocycles. The number of hydrogen-bond acceptors (Lipinski definition) is 12. The summed E-state index contributed by atoms with van der Waals surface area (Å²) in [6.07, 6.45) is 8.56. The molecule has 8 rings (SSSR count). The third kappa shape index (κ3) is 18.6. The van der Waals surface area contributed by atoms with E-state index in [0.29, 0.717) is 51.8 Å². The summed E-state index contributed by atoms with van der Waals surface area (Å²) in [5.74, 6) is 0.505. The average molecular weight is 984 g/mol. The largest absolute Gasteiger partial charge is 0.481 e. The van der Waals surface area contributed by atoms with E-state index < -0.39 is 5.97 Å². The smallest absolute Gasteiger partial charge is 0.323 e. The number of aromatic amines is 2. The van der Waals surface area contributed by atoms with Gasteiger partial charge in [0.05, 0.1) is 26.4 Å². The van der Waals surface area contributed by atoms with E-state index in [0.717, 1.165) is 51.7 Å². The number of nitrogens with one attached hydrogen (secondary N) is 5. The first kappa shape index (κ1) is 49.0. The Labute approximate surface area is 370 Å². The Bertz CT molecular complexity index is 2190. The van der Waals surface area contributed by atoms with Gasteiger partial charge in [0.2, 0.25) is 17.1 Å². The zero-order chi connectivity index (χ0) is 43.8. The van der Waals surface area contributed by atoms with Gasteiger partial charge < -0.3 is 42.5 Å². The van der Waals surface area contributed by atoms with Crippen molar-refractivity contribution >= 4 is 107 Å². The van der Waals surface area contributed by atoms with E-state index in [1.54, 1.807) is 12.3 Å². The number of nitrogens with zero attached hydrogens (tertiary/aromatic N) is 5. The van der Waals surface area contributed by atoms with Gasteiger partial charge in [-0.2, -0.15) is 4.98 Å². The Kier molecular flexibility index (Phi) is 20.0. The highest BCUT2D eigenvalue weighted by atomic mass is 79.9. The van der Waals surface area contributed by atoms with E-state index in [9.17, 15) is 9.59 Å². The molecule has 3 aliphatic rings. The lowest BCUT2D eigenvalue weighted by Gasteiger charge is -2.28. The van der Waals surface area contributed by atoms with E-state index in [-0.39, 0.29) is 16.9 Å². The van der Waals surface area contributed by atoms with Crippen molar-refractivity contribution in [3.63, 3.8) is 0 Å². The monoisotopic (exact) mass is 980 g/mol. The summed E-state index contributed by atoms with van der Waals surface area (Å²) in [7, 11) is 0.